The summed E-state index contributed by atoms with van der Waals surface area (Å²) in [5.74, 6) is 0.566. The fourth-order valence-corrected chi connectivity index (χ4v) is 4.52. The van der Waals surface area contributed by atoms with Gasteiger partial charge < -0.3 is 5.32 Å². The molecule has 1 aliphatic carbocycles. The highest BCUT2D eigenvalue weighted by molar-refractivity contribution is 7.91. The summed E-state index contributed by atoms with van der Waals surface area (Å²) < 4.78 is 23.8. The van der Waals surface area contributed by atoms with Crippen molar-refractivity contribution in [3.8, 4) is 0 Å². The van der Waals surface area contributed by atoms with Gasteiger partial charge in [0.15, 0.2) is 9.84 Å². The Morgan fingerprint density at radius 1 is 1.24 bits per heavy atom. The second-order valence-electron chi connectivity index (χ2n) is 7.91. The SMILES string of the molecule is CCS(=O)(=O)CCN1CC(C(C)(C)C)NCC12CCCC2. The zero-order valence-electron chi connectivity index (χ0n) is 14.1. The summed E-state index contributed by atoms with van der Waals surface area (Å²) in [5.41, 5.74) is 0.424. The van der Waals surface area contributed by atoms with Crippen LogP contribution >= 0.6 is 0 Å². The summed E-state index contributed by atoms with van der Waals surface area (Å²) in [4.78, 5) is 2.50. The van der Waals surface area contributed by atoms with Gasteiger partial charge in [-0.25, -0.2) is 8.42 Å². The summed E-state index contributed by atoms with van der Waals surface area (Å²) >= 11 is 0. The average molecular weight is 317 g/mol. The van der Waals surface area contributed by atoms with Crippen molar-refractivity contribution in [3.63, 3.8) is 0 Å². The van der Waals surface area contributed by atoms with E-state index in [2.05, 4.69) is 31.0 Å². The van der Waals surface area contributed by atoms with Gasteiger partial charge in [0, 0.05) is 37.0 Å². The van der Waals surface area contributed by atoms with Gasteiger partial charge in [0.2, 0.25) is 0 Å². The summed E-state index contributed by atoms with van der Waals surface area (Å²) in [6.07, 6.45) is 4.98. The second-order valence-corrected chi connectivity index (χ2v) is 10.4. The molecule has 2 aliphatic rings. The van der Waals surface area contributed by atoms with Crippen LogP contribution in [0.25, 0.3) is 0 Å². The minimum atomic E-state index is -2.88. The van der Waals surface area contributed by atoms with Crippen LogP contribution in [0.5, 0.6) is 0 Å². The Kier molecular flexibility index (Phi) is 5.06. The first-order chi connectivity index (χ1) is 9.69. The molecular formula is C16H32N2O2S. The Labute approximate surface area is 130 Å². The molecule has 2 fully saturated rings. The number of nitrogens with one attached hydrogen (secondary N) is 1. The highest BCUT2D eigenvalue weighted by Gasteiger charge is 2.45. The van der Waals surface area contributed by atoms with E-state index in [-0.39, 0.29) is 16.7 Å². The van der Waals surface area contributed by atoms with Gasteiger partial charge in [0.25, 0.3) is 0 Å². The molecule has 1 heterocycles. The summed E-state index contributed by atoms with van der Waals surface area (Å²) in [6.45, 7) is 11.2. The number of hydrogen-bond donors (Lipinski definition) is 1. The molecule has 1 unspecified atom stereocenters. The molecule has 0 aromatic heterocycles. The van der Waals surface area contributed by atoms with Gasteiger partial charge in [0.1, 0.15) is 0 Å². The maximum atomic E-state index is 11.9. The third-order valence-electron chi connectivity index (χ3n) is 5.44. The highest BCUT2D eigenvalue weighted by Crippen LogP contribution is 2.38. The molecule has 0 radical (unpaired) electrons. The van der Waals surface area contributed by atoms with Gasteiger partial charge in [-0.15, -0.1) is 0 Å². The van der Waals surface area contributed by atoms with Crippen LogP contribution in [0.1, 0.15) is 53.4 Å². The molecule has 1 saturated carbocycles. The van der Waals surface area contributed by atoms with E-state index in [0.29, 0.717) is 18.3 Å². The van der Waals surface area contributed by atoms with Gasteiger partial charge in [-0.1, -0.05) is 40.5 Å². The average Bonchev–Trinajstić information content (AvgIpc) is 2.86. The molecule has 4 nitrogen and oxygen atoms in total. The number of rotatable bonds is 4. The van der Waals surface area contributed by atoms with Crippen molar-refractivity contribution in [3.05, 3.63) is 0 Å². The first kappa shape index (κ1) is 17.2. The zero-order chi connectivity index (χ0) is 15.7. The van der Waals surface area contributed by atoms with Crippen LogP contribution in [-0.2, 0) is 9.84 Å². The molecular weight excluding hydrogens is 284 g/mol. The molecule has 5 heteroatoms. The van der Waals surface area contributed by atoms with Gasteiger partial charge in [-0.05, 0) is 18.3 Å². The predicted octanol–water partition coefficient (Wildman–Crippen LogP) is 2.05. The zero-order valence-corrected chi connectivity index (χ0v) is 14.9. The Morgan fingerprint density at radius 3 is 2.38 bits per heavy atom. The van der Waals surface area contributed by atoms with E-state index in [0.717, 1.165) is 13.1 Å². The van der Waals surface area contributed by atoms with Crippen molar-refractivity contribution in [2.75, 3.05) is 31.1 Å². The molecule has 21 heavy (non-hydrogen) atoms. The van der Waals surface area contributed by atoms with E-state index >= 15 is 0 Å². The lowest BCUT2D eigenvalue weighted by molar-refractivity contribution is 0.0220. The first-order valence-electron chi connectivity index (χ1n) is 8.37. The molecule has 124 valence electrons. The van der Waals surface area contributed by atoms with E-state index in [1.165, 1.54) is 25.7 Å². The molecule has 1 aliphatic heterocycles. The molecule has 1 atom stereocenters. The van der Waals surface area contributed by atoms with E-state index in [1.54, 1.807) is 6.92 Å². The van der Waals surface area contributed by atoms with E-state index in [9.17, 15) is 8.42 Å². The molecule has 2 rings (SSSR count). The Balaban J connectivity index is 2.10. The van der Waals surface area contributed by atoms with E-state index in [1.807, 2.05) is 0 Å². The smallest absolute Gasteiger partial charge is 0.151 e. The van der Waals surface area contributed by atoms with Gasteiger partial charge in [-0.2, -0.15) is 0 Å². The molecule has 1 N–H and O–H groups in total. The third kappa shape index (κ3) is 3.99. The normalized spacial score (nSPS) is 27.3. The molecule has 0 aromatic carbocycles. The maximum Gasteiger partial charge on any atom is 0.151 e. The number of nitrogens with zero attached hydrogens (tertiary/aromatic N) is 1. The molecule has 1 spiro atoms. The lowest BCUT2D eigenvalue weighted by Gasteiger charge is -2.51. The molecule has 0 aromatic rings. The lowest BCUT2D eigenvalue weighted by atomic mass is 9.81. The monoisotopic (exact) mass is 316 g/mol. The van der Waals surface area contributed by atoms with Crippen molar-refractivity contribution in [2.45, 2.75) is 65.0 Å². The fraction of sp³-hybridized carbons (Fsp3) is 1.00. The Hall–Kier alpha value is -0.130. The summed E-state index contributed by atoms with van der Waals surface area (Å²) in [7, 11) is -2.88. The van der Waals surface area contributed by atoms with Gasteiger partial charge in [0.05, 0.1) is 5.75 Å². The van der Waals surface area contributed by atoms with Crippen LogP contribution < -0.4 is 5.32 Å². The number of piperazine rings is 1. The van der Waals surface area contributed by atoms with Crippen molar-refractivity contribution < 1.29 is 8.42 Å². The first-order valence-corrected chi connectivity index (χ1v) is 10.2. The number of sulfone groups is 1. The van der Waals surface area contributed by atoms with Crippen LogP contribution in [-0.4, -0.2) is 56.0 Å². The van der Waals surface area contributed by atoms with Crippen LogP contribution in [0, 0.1) is 5.41 Å². The minimum absolute atomic E-state index is 0.210. The van der Waals surface area contributed by atoms with Crippen molar-refractivity contribution >= 4 is 9.84 Å². The van der Waals surface area contributed by atoms with Crippen LogP contribution in [0.2, 0.25) is 0 Å². The molecule has 1 saturated heterocycles. The lowest BCUT2D eigenvalue weighted by Crippen LogP contribution is -2.66. The highest BCUT2D eigenvalue weighted by atomic mass is 32.2. The third-order valence-corrected chi connectivity index (χ3v) is 7.13. The summed E-state index contributed by atoms with van der Waals surface area (Å²) in [5, 5.41) is 3.74. The number of hydrogen-bond acceptors (Lipinski definition) is 4. The largest absolute Gasteiger partial charge is 0.310 e. The molecule has 0 amide bonds. The maximum absolute atomic E-state index is 11.9. The fourth-order valence-electron chi connectivity index (χ4n) is 3.73. The van der Waals surface area contributed by atoms with E-state index in [4.69, 9.17) is 0 Å². The minimum Gasteiger partial charge on any atom is -0.310 e. The van der Waals surface area contributed by atoms with Gasteiger partial charge in [-0.3, -0.25) is 4.90 Å². The second kappa shape index (κ2) is 6.17. The van der Waals surface area contributed by atoms with E-state index < -0.39 is 9.84 Å². The van der Waals surface area contributed by atoms with Gasteiger partial charge >= 0.3 is 0 Å². The molecule has 0 bridgehead atoms. The van der Waals surface area contributed by atoms with Crippen molar-refractivity contribution in [1.82, 2.24) is 10.2 Å². The van der Waals surface area contributed by atoms with Crippen LogP contribution in [0.15, 0.2) is 0 Å². The van der Waals surface area contributed by atoms with Crippen LogP contribution in [0.4, 0.5) is 0 Å². The topological polar surface area (TPSA) is 49.4 Å². The predicted molar refractivity (Wildman–Crippen MR) is 88.3 cm³/mol. The standard InChI is InChI=1S/C16H32N2O2S/c1-5-21(19,20)11-10-18-12-14(15(2,3)4)17-13-16(18)8-6-7-9-16/h14,17H,5-13H2,1-4H3. The quantitative estimate of drug-likeness (QED) is 0.862. The summed E-state index contributed by atoms with van der Waals surface area (Å²) in [6, 6.07) is 0.438. The Morgan fingerprint density at radius 2 is 1.86 bits per heavy atom. The van der Waals surface area contributed by atoms with Crippen LogP contribution in [0.3, 0.4) is 0 Å². The van der Waals surface area contributed by atoms with Crippen molar-refractivity contribution in [2.24, 2.45) is 5.41 Å². The Bertz CT molecular complexity index is 447. The van der Waals surface area contributed by atoms with Crippen molar-refractivity contribution in [1.29, 1.82) is 0 Å².